The number of rotatable bonds is 6. The Morgan fingerprint density at radius 3 is 2.65 bits per heavy atom. The van der Waals surface area contributed by atoms with Gasteiger partial charge in [0.25, 0.3) is 11.8 Å². The van der Waals surface area contributed by atoms with Gasteiger partial charge >= 0.3 is 0 Å². The van der Waals surface area contributed by atoms with Crippen molar-refractivity contribution in [3.8, 4) is 0 Å². The van der Waals surface area contributed by atoms with Gasteiger partial charge < -0.3 is 21.6 Å². The number of amides is 2. The van der Waals surface area contributed by atoms with Gasteiger partial charge in [-0.05, 0) is 29.8 Å². The number of nitrogens with one attached hydrogen (secondary N) is 3. The van der Waals surface area contributed by atoms with E-state index in [0.29, 0.717) is 17.7 Å². The summed E-state index contributed by atoms with van der Waals surface area (Å²) in [6, 6.07) is 5.74. The first kappa shape index (κ1) is 21.6. The van der Waals surface area contributed by atoms with E-state index in [1.165, 1.54) is 18.3 Å². The Labute approximate surface area is 178 Å². The Morgan fingerprint density at radius 2 is 1.90 bits per heavy atom. The van der Waals surface area contributed by atoms with E-state index >= 15 is 0 Å². The standard InChI is InChI=1S/C18H14ClF2N7O3/c19-10-5-12(21)11(20)4-9(10)17(29)25-15-6-14(26-27-15)18(30)24-7-8-1-2-23-13(3-8)16(22)28-31/h1-6,31H,7H2,(H2,22,28)(H,24,30)(H2,25,26,27,29). The topological polar surface area (TPSA) is 158 Å². The lowest BCUT2D eigenvalue weighted by Crippen LogP contribution is -2.23. The number of pyridine rings is 1. The summed E-state index contributed by atoms with van der Waals surface area (Å²) in [7, 11) is 0. The minimum absolute atomic E-state index is 0.0362. The second kappa shape index (κ2) is 9.17. The maximum atomic E-state index is 13.4. The Kier molecular flexibility index (Phi) is 6.40. The van der Waals surface area contributed by atoms with E-state index in [1.54, 1.807) is 6.07 Å². The molecule has 31 heavy (non-hydrogen) atoms. The van der Waals surface area contributed by atoms with Gasteiger partial charge in [0.1, 0.15) is 11.5 Å². The smallest absolute Gasteiger partial charge is 0.272 e. The van der Waals surface area contributed by atoms with E-state index < -0.39 is 23.4 Å². The third kappa shape index (κ3) is 5.11. The fraction of sp³-hybridized carbons (Fsp3) is 0.0556. The van der Waals surface area contributed by atoms with Gasteiger partial charge in [0.2, 0.25) is 0 Å². The Morgan fingerprint density at radius 1 is 1.16 bits per heavy atom. The number of hydrogen-bond donors (Lipinski definition) is 5. The molecule has 0 aliphatic heterocycles. The van der Waals surface area contributed by atoms with Crippen LogP contribution in [0.1, 0.15) is 32.1 Å². The molecule has 0 saturated carbocycles. The van der Waals surface area contributed by atoms with E-state index in [4.69, 9.17) is 22.5 Å². The van der Waals surface area contributed by atoms with Crippen molar-refractivity contribution in [2.24, 2.45) is 10.9 Å². The number of carbonyl (C=O) groups is 2. The highest BCUT2D eigenvalue weighted by Gasteiger charge is 2.17. The molecule has 6 N–H and O–H groups in total. The summed E-state index contributed by atoms with van der Waals surface area (Å²) >= 11 is 5.77. The molecule has 13 heteroatoms. The van der Waals surface area contributed by atoms with Gasteiger partial charge in [0.15, 0.2) is 23.2 Å². The predicted octanol–water partition coefficient (Wildman–Crippen LogP) is 2.01. The number of hydrogen-bond acceptors (Lipinski definition) is 6. The first-order valence-corrected chi connectivity index (χ1v) is 8.88. The largest absolute Gasteiger partial charge is 0.409 e. The molecule has 2 aromatic heterocycles. The first-order chi connectivity index (χ1) is 14.8. The van der Waals surface area contributed by atoms with Crippen molar-refractivity contribution >= 4 is 35.1 Å². The summed E-state index contributed by atoms with van der Waals surface area (Å²) in [4.78, 5) is 28.4. The van der Waals surface area contributed by atoms with Crippen LogP contribution >= 0.6 is 11.6 Å². The summed E-state index contributed by atoms with van der Waals surface area (Å²) in [6.07, 6.45) is 1.43. The number of oxime groups is 1. The number of aromatic amines is 1. The highest BCUT2D eigenvalue weighted by molar-refractivity contribution is 6.34. The number of carbonyl (C=O) groups excluding carboxylic acids is 2. The molecule has 0 spiro atoms. The van der Waals surface area contributed by atoms with Crippen LogP contribution in [0.3, 0.4) is 0 Å². The zero-order chi connectivity index (χ0) is 22.5. The molecule has 2 amide bonds. The summed E-state index contributed by atoms with van der Waals surface area (Å²) in [6.45, 7) is 0.0894. The molecule has 0 saturated heterocycles. The normalized spacial score (nSPS) is 11.3. The van der Waals surface area contributed by atoms with Gasteiger partial charge in [-0.2, -0.15) is 5.10 Å². The van der Waals surface area contributed by atoms with E-state index in [0.717, 1.165) is 0 Å². The lowest BCUT2D eigenvalue weighted by atomic mass is 10.2. The molecule has 10 nitrogen and oxygen atoms in total. The molecular weight excluding hydrogens is 436 g/mol. The Hall–Kier alpha value is -4.06. The molecule has 0 aliphatic rings. The van der Waals surface area contributed by atoms with E-state index in [2.05, 4.69) is 31.0 Å². The second-order valence-electron chi connectivity index (χ2n) is 6.08. The third-order valence-electron chi connectivity index (χ3n) is 3.96. The van der Waals surface area contributed by atoms with Crippen LogP contribution in [0.2, 0.25) is 5.02 Å². The van der Waals surface area contributed by atoms with Crippen molar-refractivity contribution in [3.63, 3.8) is 0 Å². The molecule has 3 aromatic rings. The van der Waals surface area contributed by atoms with Crippen molar-refractivity contribution in [2.45, 2.75) is 6.54 Å². The van der Waals surface area contributed by atoms with Crippen LogP contribution in [0.25, 0.3) is 0 Å². The van der Waals surface area contributed by atoms with Crippen molar-refractivity contribution < 1.29 is 23.6 Å². The molecule has 2 heterocycles. The zero-order valence-corrected chi connectivity index (χ0v) is 16.2. The van der Waals surface area contributed by atoms with Crippen molar-refractivity contribution in [2.75, 3.05) is 5.32 Å². The maximum absolute atomic E-state index is 13.4. The molecule has 0 atom stereocenters. The molecular formula is C18H14ClF2N7O3. The second-order valence-corrected chi connectivity index (χ2v) is 6.49. The van der Waals surface area contributed by atoms with E-state index in [1.807, 2.05) is 0 Å². The maximum Gasteiger partial charge on any atom is 0.272 e. The number of anilines is 1. The quantitative estimate of drug-likeness (QED) is 0.127. The van der Waals surface area contributed by atoms with Crippen LogP contribution in [0, 0.1) is 11.6 Å². The SMILES string of the molecule is N/C(=N\O)c1cc(CNC(=O)c2cc(NC(=O)c3cc(F)c(F)cc3Cl)[nH]n2)ccn1. The van der Waals surface area contributed by atoms with Crippen molar-refractivity contribution in [3.05, 3.63) is 75.7 Å². The summed E-state index contributed by atoms with van der Waals surface area (Å²) in [5.74, 6) is -3.95. The average Bonchev–Trinajstić information content (AvgIpc) is 3.22. The van der Waals surface area contributed by atoms with Crippen LogP contribution in [-0.2, 0) is 6.54 Å². The number of H-pyrrole nitrogens is 1. The van der Waals surface area contributed by atoms with E-state index in [-0.39, 0.29) is 40.2 Å². The molecule has 3 rings (SSSR count). The summed E-state index contributed by atoms with van der Waals surface area (Å²) in [5, 5.41) is 22.4. The highest BCUT2D eigenvalue weighted by atomic mass is 35.5. The average molecular weight is 450 g/mol. The predicted molar refractivity (Wildman–Crippen MR) is 106 cm³/mol. The minimum Gasteiger partial charge on any atom is -0.409 e. The monoisotopic (exact) mass is 449 g/mol. The highest BCUT2D eigenvalue weighted by Crippen LogP contribution is 2.21. The number of nitrogens with zero attached hydrogens (tertiary/aromatic N) is 3. The number of nitrogens with two attached hydrogens (primary N) is 1. The van der Waals surface area contributed by atoms with Gasteiger partial charge in [-0.3, -0.25) is 19.7 Å². The third-order valence-corrected chi connectivity index (χ3v) is 4.27. The Bertz CT molecular complexity index is 1180. The van der Waals surface area contributed by atoms with Gasteiger partial charge in [-0.1, -0.05) is 16.8 Å². The van der Waals surface area contributed by atoms with Crippen LogP contribution < -0.4 is 16.4 Å². The molecule has 0 bridgehead atoms. The van der Waals surface area contributed by atoms with Gasteiger partial charge in [0, 0.05) is 18.8 Å². The van der Waals surface area contributed by atoms with Gasteiger partial charge in [-0.15, -0.1) is 0 Å². The van der Waals surface area contributed by atoms with Crippen molar-refractivity contribution in [1.29, 1.82) is 0 Å². The molecule has 0 radical (unpaired) electrons. The number of aromatic nitrogens is 3. The molecule has 0 fully saturated rings. The molecule has 160 valence electrons. The molecule has 0 aliphatic carbocycles. The van der Waals surface area contributed by atoms with Crippen LogP contribution in [0.4, 0.5) is 14.6 Å². The minimum atomic E-state index is -1.23. The zero-order valence-electron chi connectivity index (χ0n) is 15.5. The van der Waals surface area contributed by atoms with Crippen molar-refractivity contribution in [1.82, 2.24) is 20.5 Å². The molecule has 0 unspecified atom stereocenters. The summed E-state index contributed by atoms with van der Waals surface area (Å²) in [5.41, 5.74) is 6.00. The van der Waals surface area contributed by atoms with E-state index in [9.17, 15) is 18.4 Å². The number of amidine groups is 1. The fourth-order valence-electron chi connectivity index (χ4n) is 2.44. The molecule has 1 aromatic carbocycles. The Balaban J connectivity index is 1.63. The first-order valence-electron chi connectivity index (χ1n) is 8.51. The lowest BCUT2D eigenvalue weighted by molar-refractivity contribution is 0.0945. The van der Waals surface area contributed by atoms with Gasteiger partial charge in [-0.25, -0.2) is 8.78 Å². The number of benzene rings is 1. The van der Waals surface area contributed by atoms with Crippen LogP contribution in [0.5, 0.6) is 0 Å². The van der Waals surface area contributed by atoms with Gasteiger partial charge in [0.05, 0.1) is 10.6 Å². The number of halogens is 3. The fourth-order valence-corrected chi connectivity index (χ4v) is 2.67. The summed E-state index contributed by atoms with van der Waals surface area (Å²) < 4.78 is 26.5. The van der Waals surface area contributed by atoms with Crippen LogP contribution in [-0.4, -0.2) is 38.0 Å². The van der Waals surface area contributed by atoms with Crippen LogP contribution in [0.15, 0.2) is 41.7 Å². The lowest BCUT2D eigenvalue weighted by Gasteiger charge is -2.05.